The number of nitrogens with one attached hydrogen (secondary N) is 2. The van der Waals surface area contributed by atoms with E-state index in [1.54, 1.807) is 25.7 Å². The molecule has 14 heteroatoms. The van der Waals surface area contributed by atoms with Crippen LogP contribution in [0.3, 0.4) is 0 Å². The van der Waals surface area contributed by atoms with Crippen molar-refractivity contribution >= 4 is 27.9 Å². The summed E-state index contributed by atoms with van der Waals surface area (Å²) in [4.78, 5) is 37.8. The first kappa shape index (κ1) is 31.3. The molecule has 1 aliphatic heterocycles. The van der Waals surface area contributed by atoms with Gasteiger partial charge in [0.25, 0.3) is 5.91 Å². The van der Waals surface area contributed by atoms with Crippen molar-refractivity contribution < 1.29 is 42.6 Å². The van der Waals surface area contributed by atoms with Crippen molar-refractivity contribution in [3.8, 4) is 5.75 Å². The summed E-state index contributed by atoms with van der Waals surface area (Å²) >= 11 is 0. The summed E-state index contributed by atoms with van der Waals surface area (Å²) in [6.07, 6.45) is -0.0967. The van der Waals surface area contributed by atoms with Gasteiger partial charge in [0.2, 0.25) is 15.9 Å². The number of benzene rings is 1. The molecular formula is C24H38N4O9S. The molecule has 0 bridgehead atoms. The van der Waals surface area contributed by atoms with Crippen molar-refractivity contribution in [1.29, 1.82) is 0 Å². The lowest BCUT2D eigenvalue weighted by atomic mass is 9.96. The fourth-order valence-electron chi connectivity index (χ4n) is 4.00. The van der Waals surface area contributed by atoms with Crippen LogP contribution < -0.4 is 15.5 Å². The van der Waals surface area contributed by atoms with Gasteiger partial charge in [0, 0.05) is 32.6 Å². The van der Waals surface area contributed by atoms with Crippen LogP contribution in [-0.4, -0.2) is 97.4 Å². The van der Waals surface area contributed by atoms with Gasteiger partial charge in [-0.05, 0) is 63.8 Å². The summed E-state index contributed by atoms with van der Waals surface area (Å²) in [5.41, 5.74) is 0.802. The monoisotopic (exact) mass is 558 g/mol. The zero-order valence-corrected chi connectivity index (χ0v) is 23.0. The lowest BCUT2D eigenvalue weighted by Gasteiger charge is -2.34. The van der Waals surface area contributed by atoms with Gasteiger partial charge in [-0.3, -0.25) is 14.8 Å². The molecule has 2 rings (SSSR count). The Balaban J connectivity index is 2.24. The van der Waals surface area contributed by atoms with Crippen LogP contribution in [0, 0.1) is 5.92 Å². The second-order valence-electron chi connectivity index (χ2n) is 9.97. The molecule has 4 N–H and O–H groups in total. The standard InChI is InChI=1S/C24H38N4O9S/c1-24(2,3)37-16-20(22(30)26-33)28(38(34,35)19-7-5-18(36-4)6-8-19)14-11-21(29)27-12-9-17(10-13-27)15-25-23(31)32/h5-8,17,20,25,33H,9-16H2,1-4H3,(H,26,30)(H,31,32). The van der Waals surface area contributed by atoms with Gasteiger partial charge in [0.05, 0.1) is 24.2 Å². The zero-order valence-electron chi connectivity index (χ0n) is 22.2. The molecule has 3 amide bonds. The number of carbonyl (C=O) groups excluding carboxylic acids is 2. The van der Waals surface area contributed by atoms with Gasteiger partial charge in [0.15, 0.2) is 0 Å². The van der Waals surface area contributed by atoms with Crippen molar-refractivity contribution in [2.45, 2.75) is 56.6 Å². The molecule has 13 nitrogen and oxygen atoms in total. The van der Waals surface area contributed by atoms with E-state index in [0.29, 0.717) is 38.2 Å². The van der Waals surface area contributed by atoms with E-state index >= 15 is 0 Å². The highest BCUT2D eigenvalue weighted by atomic mass is 32.2. The molecule has 1 unspecified atom stereocenters. The first-order chi connectivity index (χ1) is 17.8. The van der Waals surface area contributed by atoms with E-state index < -0.39 is 33.7 Å². The van der Waals surface area contributed by atoms with E-state index in [0.717, 1.165) is 4.31 Å². The van der Waals surface area contributed by atoms with Gasteiger partial charge in [-0.25, -0.2) is 18.7 Å². The lowest BCUT2D eigenvalue weighted by molar-refractivity contribution is -0.138. The van der Waals surface area contributed by atoms with Crippen LogP contribution in [0.25, 0.3) is 0 Å². The Labute approximate surface area is 223 Å². The van der Waals surface area contributed by atoms with Gasteiger partial charge in [0.1, 0.15) is 11.8 Å². The predicted molar refractivity (Wildman–Crippen MR) is 136 cm³/mol. The quantitative estimate of drug-likeness (QED) is 0.217. The van der Waals surface area contributed by atoms with Gasteiger partial charge in [-0.2, -0.15) is 4.31 Å². The number of nitrogens with zero attached hydrogens (tertiary/aromatic N) is 2. The number of carboxylic acid groups (broad SMARTS) is 1. The topological polar surface area (TPSA) is 175 Å². The molecule has 0 saturated carbocycles. The van der Waals surface area contributed by atoms with E-state index in [1.165, 1.54) is 36.9 Å². The van der Waals surface area contributed by atoms with Crippen molar-refractivity contribution in [2.24, 2.45) is 5.92 Å². The number of carbonyl (C=O) groups is 3. The van der Waals surface area contributed by atoms with Gasteiger partial charge < -0.3 is 24.8 Å². The fourth-order valence-corrected chi connectivity index (χ4v) is 5.58. The van der Waals surface area contributed by atoms with Crippen LogP contribution in [0.5, 0.6) is 5.75 Å². The van der Waals surface area contributed by atoms with Crippen molar-refractivity contribution in [3.05, 3.63) is 24.3 Å². The van der Waals surface area contributed by atoms with Gasteiger partial charge >= 0.3 is 6.09 Å². The molecule has 0 spiro atoms. The lowest BCUT2D eigenvalue weighted by Crippen LogP contribution is -2.53. The summed E-state index contributed by atoms with van der Waals surface area (Å²) in [6, 6.07) is 4.14. The number of rotatable bonds is 12. The van der Waals surface area contributed by atoms with Crippen molar-refractivity contribution in [3.63, 3.8) is 0 Å². The summed E-state index contributed by atoms with van der Waals surface area (Å²) in [5.74, 6) is -0.752. The minimum Gasteiger partial charge on any atom is -0.497 e. The first-order valence-electron chi connectivity index (χ1n) is 12.3. The van der Waals surface area contributed by atoms with E-state index in [1.807, 2.05) is 0 Å². The number of piperidine rings is 1. The molecule has 1 heterocycles. The second kappa shape index (κ2) is 13.7. The van der Waals surface area contributed by atoms with Crippen molar-refractivity contribution in [2.75, 3.05) is 39.9 Å². The van der Waals surface area contributed by atoms with Crippen LogP contribution in [0.15, 0.2) is 29.2 Å². The molecular weight excluding hydrogens is 520 g/mol. The molecule has 1 fully saturated rings. The van der Waals surface area contributed by atoms with Gasteiger partial charge in [-0.15, -0.1) is 0 Å². The maximum atomic E-state index is 13.7. The summed E-state index contributed by atoms with van der Waals surface area (Å²) in [6.45, 7) is 5.64. The summed E-state index contributed by atoms with van der Waals surface area (Å²) in [7, 11) is -2.86. The van der Waals surface area contributed by atoms with Crippen LogP contribution in [-0.2, 0) is 24.3 Å². The number of hydrogen-bond donors (Lipinski definition) is 4. The largest absolute Gasteiger partial charge is 0.497 e. The molecule has 1 aromatic rings. The van der Waals surface area contributed by atoms with Crippen LogP contribution in [0.1, 0.15) is 40.0 Å². The number of amides is 3. The van der Waals surface area contributed by atoms with E-state index in [-0.39, 0.29) is 36.3 Å². The molecule has 0 aromatic heterocycles. The highest BCUT2D eigenvalue weighted by Crippen LogP contribution is 2.24. The Morgan fingerprint density at radius 1 is 1.16 bits per heavy atom. The summed E-state index contributed by atoms with van der Waals surface area (Å²) in [5, 5.41) is 20.5. The molecule has 0 radical (unpaired) electrons. The van der Waals surface area contributed by atoms with Crippen LogP contribution in [0.4, 0.5) is 4.79 Å². The molecule has 1 saturated heterocycles. The van der Waals surface area contributed by atoms with Crippen LogP contribution in [0.2, 0.25) is 0 Å². The third-order valence-electron chi connectivity index (χ3n) is 6.16. The number of hydrogen-bond acceptors (Lipinski definition) is 8. The van der Waals surface area contributed by atoms with Gasteiger partial charge in [-0.1, -0.05) is 0 Å². The Kier molecular flexibility index (Phi) is 11.3. The molecule has 38 heavy (non-hydrogen) atoms. The maximum Gasteiger partial charge on any atom is 0.404 e. The summed E-state index contributed by atoms with van der Waals surface area (Å²) < 4.78 is 39.0. The number of methoxy groups -OCH3 is 1. The average Bonchev–Trinajstić information content (AvgIpc) is 2.88. The third-order valence-corrected chi connectivity index (χ3v) is 8.08. The predicted octanol–water partition coefficient (Wildman–Crippen LogP) is 1.27. The fraction of sp³-hybridized carbons (Fsp3) is 0.625. The zero-order chi connectivity index (χ0) is 28.5. The molecule has 1 aliphatic rings. The highest BCUT2D eigenvalue weighted by molar-refractivity contribution is 7.89. The second-order valence-corrected chi connectivity index (χ2v) is 11.9. The molecule has 0 aliphatic carbocycles. The maximum absolute atomic E-state index is 13.7. The third kappa shape index (κ3) is 9.11. The highest BCUT2D eigenvalue weighted by Gasteiger charge is 2.38. The first-order valence-corrected chi connectivity index (χ1v) is 13.7. The number of likely N-dealkylation sites (tertiary alicyclic amines) is 1. The molecule has 1 atom stereocenters. The number of ether oxygens (including phenoxy) is 2. The van der Waals surface area contributed by atoms with E-state index in [4.69, 9.17) is 14.6 Å². The SMILES string of the molecule is COc1ccc(S(=O)(=O)N(CCC(=O)N2CCC(CNC(=O)O)CC2)C(COC(C)(C)C)C(=O)NO)cc1. The molecule has 1 aromatic carbocycles. The Morgan fingerprint density at radius 3 is 2.26 bits per heavy atom. The Hall–Kier alpha value is -2.94. The Bertz CT molecular complexity index is 1050. The minimum atomic E-state index is -4.31. The number of hydroxylamine groups is 1. The number of sulfonamides is 1. The van der Waals surface area contributed by atoms with E-state index in [9.17, 15) is 28.0 Å². The normalized spacial score (nSPS) is 15.7. The Morgan fingerprint density at radius 2 is 1.76 bits per heavy atom. The smallest absolute Gasteiger partial charge is 0.404 e. The average molecular weight is 559 g/mol. The van der Waals surface area contributed by atoms with Crippen LogP contribution >= 0.6 is 0 Å². The van der Waals surface area contributed by atoms with E-state index in [2.05, 4.69) is 5.32 Å². The molecule has 214 valence electrons. The minimum absolute atomic E-state index is 0.106. The van der Waals surface area contributed by atoms with Crippen molar-refractivity contribution in [1.82, 2.24) is 20.0 Å².